The van der Waals surface area contributed by atoms with Gasteiger partial charge in [0.2, 0.25) is 0 Å². The number of aromatic nitrogens is 3. The lowest BCUT2D eigenvalue weighted by atomic mass is 9.78. The fraction of sp³-hybridized carbons (Fsp3) is 0.333. The highest BCUT2D eigenvalue weighted by Crippen LogP contribution is 2.34. The van der Waals surface area contributed by atoms with E-state index in [4.69, 9.17) is 4.74 Å². The molecule has 2 aromatic heterocycles. The average molecular weight is 405 g/mol. The van der Waals surface area contributed by atoms with Crippen LogP contribution in [0.2, 0.25) is 0 Å². The van der Waals surface area contributed by atoms with Crippen molar-refractivity contribution in [2.45, 2.75) is 19.3 Å². The molecular formula is C24H28N4O2. The van der Waals surface area contributed by atoms with Crippen LogP contribution < -0.4 is 10.4 Å². The first-order valence-corrected chi connectivity index (χ1v) is 10.1. The van der Waals surface area contributed by atoms with Gasteiger partial charge in [-0.05, 0) is 49.5 Å². The molecule has 0 saturated heterocycles. The van der Waals surface area contributed by atoms with Crippen molar-refractivity contribution in [3.05, 3.63) is 70.3 Å². The Bertz CT molecular complexity index is 1250. The maximum Gasteiger partial charge on any atom is 0.326 e. The summed E-state index contributed by atoms with van der Waals surface area (Å²) >= 11 is 0. The molecule has 0 aliphatic carbocycles. The number of fused-ring (bicyclic) bond motifs is 3. The summed E-state index contributed by atoms with van der Waals surface area (Å²) in [6.45, 7) is 5.96. The van der Waals surface area contributed by atoms with Gasteiger partial charge in [-0.2, -0.15) is 0 Å². The molecule has 30 heavy (non-hydrogen) atoms. The zero-order valence-corrected chi connectivity index (χ0v) is 18.2. The Kier molecular flexibility index (Phi) is 5.12. The molecule has 156 valence electrons. The maximum absolute atomic E-state index is 12.1. The van der Waals surface area contributed by atoms with Gasteiger partial charge in [0.05, 0.1) is 22.7 Å². The third kappa shape index (κ3) is 3.59. The van der Waals surface area contributed by atoms with E-state index in [-0.39, 0.29) is 11.1 Å². The molecule has 0 atom stereocenters. The molecule has 0 aliphatic rings. The lowest BCUT2D eigenvalue weighted by Crippen LogP contribution is -2.20. The van der Waals surface area contributed by atoms with Crippen molar-refractivity contribution in [3.63, 3.8) is 0 Å². The van der Waals surface area contributed by atoms with E-state index in [1.54, 1.807) is 17.8 Å². The van der Waals surface area contributed by atoms with Gasteiger partial charge in [0.25, 0.3) is 0 Å². The molecule has 4 rings (SSSR count). The number of imidazole rings is 1. The van der Waals surface area contributed by atoms with E-state index in [0.29, 0.717) is 6.61 Å². The molecule has 0 saturated carbocycles. The monoisotopic (exact) mass is 404 g/mol. The Morgan fingerprint density at radius 2 is 1.80 bits per heavy atom. The van der Waals surface area contributed by atoms with Crippen molar-refractivity contribution in [2.24, 2.45) is 7.05 Å². The smallest absolute Gasteiger partial charge is 0.326 e. The van der Waals surface area contributed by atoms with Crippen molar-refractivity contribution in [1.82, 2.24) is 19.4 Å². The van der Waals surface area contributed by atoms with Crippen LogP contribution in [0, 0.1) is 0 Å². The summed E-state index contributed by atoms with van der Waals surface area (Å²) < 4.78 is 7.42. The van der Waals surface area contributed by atoms with Crippen molar-refractivity contribution in [2.75, 3.05) is 27.2 Å². The quantitative estimate of drug-likeness (QED) is 0.532. The van der Waals surface area contributed by atoms with E-state index in [1.807, 2.05) is 32.3 Å². The summed E-state index contributed by atoms with van der Waals surface area (Å²) in [5.74, 6) is 0.877. The van der Waals surface area contributed by atoms with E-state index in [1.165, 1.54) is 5.56 Å². The molecule has 0 spiro atoms. The Balaban J connectivity index is 1.69. The number of ether oxygens (including phenoxy) is 1. The number of nitrogens with one attached hydrogen (secondary N) is 1. The molecule has 0 radical (unpaired) electrons. The highest BCUT2D eigenvalue weighted by Gasteiger charge is 2.24. The van der Waals surface area contributed by atoms with Gasteiger partial charge in [0.15, 0.2) is 0 Å². The first-order chi connectivity index (χ1) is 14.3. The normalized spacial score (nSPS) is 12.2. The lowest BCUT2D eigenvalue weighted by Gasteiger charge is -2.26. The average Bonchev–Trinajstić information content (AvgIpc) is 3.02. The Labute approximate surface area is 176 Å². The predicted octanol–water partition coefficient (Wildman–Crippen LogP) is 3.68. The Hall–Kier alpha value is -3.12. The van der Waals surface area contributed by atoms with Gasteiger partial charge in [0.1, 0.15) is 12.4 Å². The summed E-state index contributed by atoms with van der Waals surface area (Å²) in [4.78, 5) is 21.7. The minimum absolute atomic E-state index is 0.131. The Morgan fingerprint density at radius 3 is 2.50 bits per heavy atom. The maximum atomic E-state index is 12.1. The summed E-state index contributed by atoms with van der Waals surface area (Å²) in [6, 6.07) is 14.6. The standard InChI is InChI=1S/C24H28N4O2/c1-24(2,16-6-9-18(10-7-16)30-13-12-27(3)4)17-8-11-20-19(14-17)22-21(15-25-20)28(5)23(29)26-22/h6-11,14-15H,12-13H2,1-5H3,(H,26,29). The zero-order chi connectivity index (χ0) is 21.5. The van der Waals surface area contributed by atoms with Crippen LogP contribution >= 0.6 is 0 Å². The number of aryl methyl sites for hydroxylation is 1. The second kappa shape index (κ2) is 7.61. The largest absolute Gasteiger partial charge is 0.492 e. The predicted molar refractivity (Wildman–Crippen MR) is 121 cm³/mol. The molecule has 6 nitrogen and oxygen atoms in total. The number of aromatic amines is 1. The van der Waals surface area contributed by atoms with Crippen LogP contribution in [0.15, 0.2) is 53.5 Å². The van der Waals surface area contributed by atoms with Crippen molar-refractivity contribution >= 4 is 21.9 Å². The number of likely N-dealkylation sites (N-methyl/N-ethyl adjacent to an activating group) is 1. The van der Waals surface area contributed by atoms with E-state index in [2.05, 4.69) is 53.0 Å². The second-order valence-electron chi connectivity index (χ2n) is 8.54. The van der Waals surface area contributed by atoms with Crippen LogP contribution in [0.1, 0.15) is 25.0 Å². The molecule has 2 heterocycles. The minimum atomic E-state index is -0.215. The molecule has 0 bridgehead atoms. The van der Waals surface area contributed by atoms with Crippen molar-refractivity contribution in [1.29, 1.82) is 0 Å². The number of H-pyrrole nitrogens is 1. The fourth-order valence-corrected chi connectivity index (χ4v) is 3.74. The van der Waals surface area contributed by atoms with Crippen molar-refractivity contribution in [3.8, 4) is 5.75 Å². The first kappa shape index (κ1) is 20.2. The SMILES string of the molecule is CN(C)CCOc1ccc(C(C)(C)c2ccc3ncc4c([nH]c(=O)n4C)c3c2)cc1. The van der Waals surface area contributed by atoms with E-state index < -0.39 is 0 Å². The van der Waals surface area contributed by atoms with Gasteiger partial charge in [0, 0.05) is 24.4 Å². The van der Waals surface area contributed by atoms with Gasteiger partial charge < -0.3 is 14.6 Å². The molecule has 0 fully saturated rings. The van der Waals surface area contributed by atoms with Crippen LogP contribution in [0.4, 0.5) is 0 Å². The molecule has 4 aromatic rings. The first-order valence-electron chi connectivity index (χ1n) is 10.1. The molecule has 1 N–H and O–H groups in total. The van der Waals surface area contributed by atoms with Crippen molar-refractivity contribution < 1.29 is 4.74 Å². The number of nitrogens with zero attached hydrogens (tertiary/aromatic N) is 3. The molecule has 0 unspecified atom stereocenters. The third-order valence-electron chi connectivity index (χ3n) is 5.85. The summed E-state index contributed by atoms with van der Waals surface area (Å²) in [6.07, 6.45) is 1.75. The van der Waals surface area contributed by atoms with Gasteiger partial charge >= 0.3 is 5.69 Å². The molecule has 2 aromatic carbocycles. The fourth-order valence-electron chi connectivity index (χ4n) is 3.74. The summed E-state index contributed by atoms with van der Waals surface area (Å²) in [5, 5.41) is 0.958. The van der Waals surface area contributed by atoms with Gasteiger partial charge in [-0.1, -0.05) is 32.0 Å². The van der Waals surface area contributed by atoms with E-state index in [9.17, 15) is 4.79 Å². The molecule has 0 aliphatic heterocycles. The summed E-state index contributed by atoms with van der Waals surface area (Å²) in [7, 11) is 5.82. The van der Waals surface area contributed by atoms with E-state index >= 15 is 0 Å². The Morgan fingerprint density at radius 1 is 1.10 bits per heavy atom. The van der Waals surface area contributed by atoms with Gasteiger partial charge in [-0.3, -0.25) is 9.55 Å². The zero-order valence-electron chi connectivity index (χ0n) is 18.2. The molecule has 6 heteroatoms. The highest BCUT2D eigenvalue weighted by molar-refractivity contribution is 6.02. The van der Waals surface area contributed by atoms with Crippen LogP contribution in [0.3, 0.4) is 0 Å². The number of hydrogen-bond donors (Lipinski definition) is 1. The highest BCUT2D eigenvalue weighted by atomic mass is 16.5. The van der Waals surface area contributed by atoms with E-state index in [0.717, 1.165) is 39.8 Å². The number of hydrogen-bond acceptors (Lipinski definition) is 4. The minimum Gasteiger partial charge on any atom is -0.492 e. The van der Waals surface area contributed by atoms with Crippen LogP contribution in [-0.4, -0.2) is 46.7 Å². The number of pyridine rings is 1. The summed E-state index contributed by atoms with van der Waals surface area (Å²) in [5.41, 5.74) is 4.52. The van der Waals surface area contributed by atoms with Crippen LogP contribution in [0.5, 0.6) is 5.75 Å². The lowest BCUT2D eigenvalue weighted by molar-refractivity contribution is 0.261. The number of rotatable bonds is 6. The number of benzene rings is 2. The molecule has 0 amide bonds. The topological polar surface area (TPSA) is 63.1 Å². The van der Waals surface area contributed by atoms with Gasteiger partial charge in [-0.15, -0.1) is 0 Å². The third-order valence-corrected chi connectivity index (χ3v) is 5.85. The second-order valence-corrected chi connectivity index (χ2v) is 8.54. The van der Waals surface area contributed by atoms with Crippen LogP contribution in [0.25, 0.3) is 21.9 Å². The van der Waals surface area contributed by atoms with Crippen LogP contribution in [-0.2, 0) is 12.5 Å². The van der Waals surface area contributed by atoms with Gasteiger partial charge in [-0.25, -0.2) is 4.79 Å². The molecular weight excluding hydrogens is 376 g/mol.